The van der Waals surface area contributed by atoms with Crippen LogP contribution in [0.2, 0.25) is 0 Å². The Morgan fingerprint density at radius 2 is 2.12 bits per heavy atom. The lowest BCUT2D eigenvalue weighted by atomic mass is 10.1. The predicted octanol–water partition coefficient (Wildman–Crippen LogP) is 1.14. The molecule has 1 saturated heterocycles. The molecule has 1 rings (SSSR count). The van der Waals surface area contributed by atoms with E-state index in [9.17, 15) is 4.79 Å². The van der Waals surface area contributed by atoms with Crippen molar-refractivity contribution < 1.29 is 9.53 Å². The Balaban J connectivity index is 2.28. The number of hydrogen-bond acceptors (Lipinski definition) is 3. The van der Waals surface area contributed by atoms with Crippen LogP contribution in [0.4, 0.5) is 0 Å². The summed E-state index contributed by atoms with van der Waals surface area (Å²) in [6.45, 7) is 6.18. The van der Waals surface area contributed by atoms with Gasteiger partial charge in [-0.1, -0.05) is 6.42 Å². The van der Waals surface area contributed by atoms with E-state index in [-0.39, 0.29) is 18.1 Å². The van der Waals surface area contributed by atoms with Crippen LogP contribution < -0.4 is 5.73 Å². The maximum atomic E-state index is 12.0. The number of nitrogens with two attached hydrogens (primary N) is 1. The van der Waals surface area contributed by atoms with Gasteiger partial charge < -0.3 is 15.4 Å². The predicted molar refractivity (Wildman–Crippen MR) is 64.1 cm³/mol. The fourth-order valence-electron chi connectivity index (χ4n) is 1.99. The molecule has 1 aliphatic rings. The third-order valence-electron chi connectivity index (χ3n) is 3.02. The molecule has 1 amide bonds. The van der Waals surface area contributed by atoms with E-state index < -0.39 is 0 Å². The Kier molecular flexibility index (Phi) is 5.77. The molecular weight excluding hydrogens is 204 g/mol. The normalized spacial score (nSPS) is 25.8. The molecule has 0 radical (unpaired) electrons. The van der Waals surface area contributed by atoms with Gasteiger partial charge in [-0.25, -0.2) is 0 Å². The molecule has 1 heterocycles. The van der Waals surface area contributed by atoms with Crippen molar-refractivity contribution in [3.05, 3.63) is 0 Å². The van der Waals surface area contributed by atoms with E-state index in [0.717, 1.165) is 32.4 Å². The van der Waals surface area contributed by atoms with E-state index in [1.807, 2.05) is 18.7 Å². The SMILES string of the molecule is CC1CN(C(=O)CCCCCN)C(C)CO1. The van der Waals surface area contributed by atoms with Gasteiger partial charge >= 0.3 is 0 Å². The second-order valence-corrected chi connectivity index (χ2v) is 4.64. The monoisotopic (exact) mass is 228 g/mol. The number of amides is 1. The average Bonchev–Trinajstić information content (AvgIpc) is 2.27. The maximum absolute atomic E-state index is 12.0. The van der Waals surface area contributed by atoms with Crippen LogP contribution in [-0.2, 0) is 9.53 Å². The second kappa shape index (κ2) is 6.86. The van der Waals surface area contributed by atoms with Crippen molar-refractivity contribution in [3.8, 4) is 0 Å². The molecule has 0 aromatic rings. The van der Waals surface area contributed by atoms with Gasteiger partial charge in [-0.15, -0.1) is 0 Å². The minimum Gasteiger partial charge on any atom is -0.375 e. The molecule has 0 aromatic heterocycles. The standard InChI is InChI=1S/C12H24N2O2/c1-10-9-16-11(2)8-14(10)12(15)6-4-3-5-7-13/h10-11H,3-9,13H2,1-2H3. The minimum atomic E-state index is 0.171. The zero-order chi connectivity index (χ0) is 12.0. The van der Waals surface area contributed by atoms with Crippen molar-refractivity contribution in [2.45, 2.75) is 51.7 Å². The highest BCUT2D eigenvalue weighted by molar-refractivity contribution is 5.76. The first-order chi connectivity index (χ1) is 7.65. The van der Waals surface area contributed by atoms with Crippen LogP contribution in [0.15, 0.2) is 0 Å². The first-order valence-corrected chi connectivity index (χ1v) is 6.26. The summed E-state index contributed by atoms with van der Waals surface area (Å²) in [4.78, 5) is 13.9. The number of rotatable bonds is 5. The average molecular weight is 228 g/mol. The Hall–Kier alpha value is -0.610. The molecule has 2 unspecified atom stereocenters. The maximum Gasteiger partial charge on any atom is 0.222 e. The molecule has 16 heavy (non-hydrogen) atoms. The highest BCUT2D eigenvalue weighted by Crippen LogP contribution is 2.14. The Morgan fingerprint density at radius 1 is 1.38 bits per heavy atom. The van der Waals surface area contributed by atoms with Crippen molar-refractivity contribution in [3.63, 3.8) is 0 Å². The summed E-state index contributed by atoms with van der Waals surface area (Å²) in [7, 11) is 0. The first-order valence-electron chi connectivity index (χ1n) is 6.26. The van der Waals surface area contributed by atoms with Gasteiger partial charge in [-0.2, -0.15) is 0 Å². The van der Waals surface area contributed by atoms with Gasteiger partial charge in [0.1, 0.15) is 0 Å². The lowest BCUT2D eigenvalue weighted by Gasteiger charge is -2.36. The molecule has 4 heteroatoms. The van der Waals surface area contributed by atoms with Gasteiger partial charge in [-0.05, 0) is 33.2 Å². The third-order valence-corrected chi connectivity index (χ3v) is 3.02. The molecule has 0 bridgehead atoms. The Morgan fingerprint density at radius 3 is 2.81 bits per heavy atom. The molecule has 1 aliphatic heterocycles. The van der Waals surface area contributed by atoms with Crippen molar-refractivity contribution in [1.29, 1.82) is 0 Å². The van der Waals surface area contributed by atoms with Crippen molar-refractivity contribution in [2.24, 2.45) is 5.73 Å². The molecule has 4 nitrogen and oxygen atoms in total. The lowest BCUT2D eigenvalue weighted by Crippen LogP contribution is -2.50. The van der Waals surface area contributed by atoms with E-state index in [2.05, 4.69) is 0 Å². The number of hydrogen-bond donors (Lipinski definition) is 1. The highest BCUT2D eigenvalue weighted by atomic mass is 16.5. The summed E-state index contributed by atoms with van der Waals surface area (Å²) in [6.07, 6.45) is 3.84. The van der Waals surface area contributed by atoms with Crippen LogP contribution in [0, 0.1) is 0 Å². The van der Waals surface area contributed by atoms with Crippen LogP contribution in [0.3, 0.4) is 0 Å². The van der Waals surface area contributed by atoms with Gasteiger partial charge in [0.2, 0.25) is 5.91 Å². The first kappa shape index (κ1) is 13.5. The van der Waals surface area contributed by atoms with Crippen molar-refractivity contribution in [1.82, 2.24) is 4.90 Å². The van der Waals surface area contributed by atoms with Gasteiger partial charge in [0.25, 0.3) is 0 Å². The van der Waals surface area contributed by atoms with Crippen molar-refractivity contribution in [2.75, 3.05) is 19.7 Å². The van der Waals surface area contributed by atoms with Crippen LogP contribution >= 0.6 is 0 Å². The minimum absolute atomic E-state index is 0.171. The van der Waals surface area contributed by atoms with E-state index in [4.69, 9.17) is 10.5 Å². The summed E-state index contributed by atoms with van der Waals surface area (Å²) < 4.78 is 5.50. The molecule has 0 saturated carbocycles. The zero-order valence-electron chi connectivity index (χ0n) is 10.4. The van der Waals surface area contributed by atoms with Crippen LogP contribution in [0.5, 0.6) is 0 Å². The Bertz CT molecular complexity index is 221. The third kappa shape index (κ3) is 4.10. The van der Waals surface area contributed by atoms with Crippen molar-refractivity contribution >= 4 is 5.91 Å². The lowest BCUT2D eigenvalue weighted by molar-refractivity contribution is -0.143. The Labute approximate surface area is 98.1 Å². The smallest absolute Gasteiger partial charge is 0.222 e. The highest BCUT2D eigenvalue weighted by Gasteiger charge is 2.26. The number of nitrogens with zero attached hydrogens (tertiary/aromatic N) is 1. The van der Waals surface area contributed by atoms with Gasteiger partial charge in [0.15, 0.2) is 0 Å². The largest absolute Gasteiger partial charge is 0.375 e. The second-order valence-electron chi connectivity index (χ2n) is 4.64. The topological polar surface area (TPSA) is 55.6 Å². The quantitative estimate of drug-likeness (QED) is 0.718. The molecule has 1 fully saturated rings. The summed E-state index contributed by atoms with van der Waals surface area (Å²) in [6, 6.07) is 0.221. The molecule has 94 valence electrons. The molecule has 0 spiro atoms. The van der Waals surface area contributed by atoms with Gasteiger partial charge in [0, 0.05) is 13.0 Å². The van der Waals surface area contributed by atoms with Gasteiger partial charge in [-0.3, -0.25) is 4.79 Å². The van der Waals surface area contributed by atoms with Crippen LogP contribution in [0.25, 0.3) is 0 Å². The van der Waals surface area contributed by atoms with Crippen LogP contribution in [-0.4, -0.2) is 42.6 Å². The number of unbranched alkanes of at least 4 members (excludes halogenated alkanes) is 2. The number of morpholine rings is 1. The summed E-state index contributed by atoms with van der Waals surface area (Å²) >= 11 is 0. The van der Waals surface area contributed by atoms with Crippen LogP contribution in [0.1, 0.15) is 39.5 Å². The summed E-state index contributed by atoms with van der Waals surface area (Å²) in [5.74, 6) is 0.264. The number of ether oxygens (including phenoxy) is 1. The zero-order valence-corrected chi connectivity index (χ0v) is 10.4. The van der Waals surface area contributed by atoms with E-state index in [1.54, 1.807) is 0 Å². The fraction of sp³-hybridized carbons (Fsp3) is 0.917. The molecule has 0 aromatic carbocycles. The van der Waals surface area contributed by atoms with Gasteiger partial charge in [0.05, 0.1) is 18.8 Å². The summed E-state index contributed by atoms with van der Waals surface area (Å²) in [5.41, 5.74) is 5.42. The number of carbonyl (C=O) groups excluding carboxylic acids is 1. The molecule has 2 N–H and O–H groups in total. The van der Waals surface area contributed by atoms with E-state index in [1.165, 1.54) is 0 Å². The number of carbonyl (C=O) groups is 1. The van der Waals surface area contributed by atoms with E-state index >= 15 is 0 Å². The molecule has 2 atom stereocenters. The fourth-order valence-corrected chi connectivity index (χ4v) is 1.99. The molecule has 0 aliphatic carbocycles. The summed E-state index contributed by atoms with van der Waals surface area (Å²) in [5, 5.41) is 0. The van der Waals surface area contributed by atoms with E-state index in [0.29, 0.717) is 13.0 Å². The molecular formula is C12H24N2O2.